The fourth-order valence-electron chi connectivity index (χ4n) is 2.47. The number of hydrogen-bond acceptors (Lipinski definition) is 1. The van der Waals surface area contributed by atoms with E-state index in [1.807, 2.05) is 18.2 Å². The fraction of sp³-hybridized carbons (Fsp3) is 0.133. The molecule has 0 radical (unpaired) electrons. The van der Waals surface area contributed by atoms with E-state index in [2.05, 4.69) is 15.9 Å². The Morgan fingerprint density at radius 2 is 1.83 bits per heavy atom. The summed E-state index contributed by atoms with van der Waals surface area (Å²) < 4.78 is 13.8. The highest BCUT2D eigenvalue weighted by Gasteiger charge is 2.30. The van der Waals surface area contributed by atoms with Gasteiger partial charge in [0.2, 0.25) is 0 Å². The normalized spacial score (nSPS) is 17.9. The number of ketones is 1. The van der Waals surface area contributed by atoms with E-state index in [0.29, 0.717) is 6.42 Å². The standard InChI is InChI=1S/C15H10BrFO/c16-10-3-6-12-13(8-15(18)14(12)7-10)9-1-4-11(17)5-2-9/h1-7,13H,8H2. The summed E-state index contributed by atoms with van der Waals surface area (Å²) in [7, 11) is 0. The third-order valence-electron chi connectivity index (χ3n) is 3.35. The van der Waals surface area contributed by atoms with E-state index >= 15 is 0 Å². The number of Topliss-reactive ketones (excluding diaryl/α,β-unsaturated/α-hetero) is 1. The minimum Gasteiger partial charge on any atom is -0.294 e. The number of rotatable bonds is 1. The first-order valence-electron chi connectivity index (χ1n) is 5.73. The highest BCUT2D eigenvalue weighted by Crippen LogP contribution is 2.39. The van der Waals surface area contributed by atoms with Crippen LogP contribution in [0, 0.1) is 5.82 Å². The molecule has 1 aliphatic rings. The van der Waals surface area contributed by atoms with Crippen molar-refractivity contribution in [2.24, 2.45) is 0 Å². The predicted octanol–water partition coefficient (Wildman–Crippen LogP) is 4.31. The van der Waals surface area contributed by atoms with Crippen LogP contribution in [-0.4, -0.2) is 5.78 Å². The van der Waals surface area contributed by atoms with Crippen molar-refractivity contribution in [3.8, 4) is 0 Å². The first-order valence-corrected chi connectivity index (χ1v) is 6.52. The number of carbonyl (C=O) groups excluding carboxylic acids is 1. The summed E-state index contributed by atoms with van der Waals surface area (Å²) in [6.45, 7) is 0. The highest BCUT2D eigenvalue weighted by molar-refractivity contribution is 9.10. The van der Waals surface area contributed by atoms with Crippen LogP contribution in [0.3, 0.4) is 0 Å². The molecule has 2 aromatic carbocycles. The smallest absolute Gasteiger partial charge is 0.164 e. The molecule has 3 heteroatoms. The molecule has 90 valence electrons. The molecule has 0 aliphatic heterocycles. The SMILES string of the molecule is O=C1CC(c2ccc(F)cc2)c2ccc(Br)cc21. The van der Waals surface area contributed by atoms with Crippen molar-refractivity contribution in [1.82, 2.24) is 0 Å². The predicted molar refractivity (Wildman–Crippen MR) is 71.3 cm³/mol. The van der Waals surface area contributed by atoms with Gasteiger partial charge in [-0.2, -0.15) is 0 Å². The Balaban J connectivity index is 2.07. The number of carbonyl (C=O) groups is 1. The lowest BCUT2D eigenvalue weighted by Gasteiger charge is -2.11. The van der Waals surface area contributed by atoms with Gasteiger partial charge in [0.25, 0.3) is 0 Å². The molecular weight excluding hydrogens is 295 g/mol. The number of fused-ring (bicyclic) bond motifs is 1. The van der Waals surface area contributed by atoms with Crippen LogP contribution in [0.1, 0.15) is 33.8 Å². The summed E-state index contributed by atoms with van der Waals surface area (Å²) in [5.41, 5.74) is 2.80. The maximum absolute atomic E-state index is 12.9. The van der Waals surface area contributed by atoms with Crippen molar-refractivity contribution < 1.29 is 9.18 Å². The van der Waals surface area contributed by atoms with Crippen LogP contribution in [-0.2, 0) is 0 Å². The minimum absolute atomic E-state index is 0.0567. The third kappa shape index (κ3) is 1.89. The van der Waals surface area contributed by atoms with Crippen molar-refractivity contribution >= 4 is 21.7 Å². The summed E-state index contributed by atoms with van der Waals surface area (Å²) in [5, 5.41) is 0. The van der Waals surface area contributed by atoms with Gasteiger partial charge in [0.15, 0.2) is 5.78 Å². The molecule has 1 atom stereocenters. The lowest BCUT2D eigenvalue weighted by atomic mass is 9.93. The van der Waals surface area contributed by atoms with E-state index in [1.54, 1.807) is 12.1 Å². The number of halogens is 2. The van der Waals surface area contributed by atoms with Crippen LogP contribution in [0.2, 0.25) is 0 Å². The average Bonchev–Trinajstić information content (AvgIpc) is 2.68. The van der Waals surface area contributed by atoms with Crippen molar-refractivity contribution in [3.63, 3.8) is 0 Å². The Bertz CT molecular complexity index is 619. The van der Waals surface area contributed by atoms with Crippen LogP contribution in [0.5, 0.6) is 0 Å². The first kappa shape index (κ1) is 11.6. The van der Waals surface area contributed by atoms with Gasteiger partial charge in [0.1, 0.15) is 5.82 Å². The molecule has 1 nitrogen and oxygen atoms in total. The molecule has 18 heavy (non-hydrogen) atoms. The van der Waals surface area contributed by atoms with Crippen LogP contribution in [0.15, 0.2) is 46.9 Å². The largest absolute Gasteiger partial charge is 0.294 e. The molecule has 3 rings (SSSR count). The van der Waals surface area contributed by atoms with Gasteiger partial charge in [-0.1, -0.05) is 34.1 Å². The van der Waals surface area contributed by atoms with Crippen molar-refractivity contribution in [3.05, 3.63) is 69.4 Å². The van der Waals surface area contributed by atoms with E-state index < -0.39 is 0 Å². The zero-order chi connectivity index (χ0) is 12.7. The van der Waals surface area contributed by atoms with E-state index in [-0.39, 0.29) is 17.5 Å². The van der Waals surface area contributed by atoms with Gasteiger partial charge in [-0.05, 0) is 35.4 Å². The van der Waals surface area contributed by atoms with Crippen LogP contribution < -0.4 is 0 Å². The zero-order valence-electron chi connectivity index (χ0n) is 9.49. The van der Waals surface area contributed by atoms with Gasteiger partial charge in [-0.25, -0.2) is 4.39 Å². The fourth-order valence-corrected chi connectivity index (χ4v) is 2.83. The second-order valence-corrected chi connectivity index (χ2v) is 5.38. The minimum atomic E-state index is -0.251. The molecule has 0 fully saturated rings. The van der Waals surface area contributed by atoms with Crippen molar-refractivity contribution in [1.29, 1.82) is 0 Å². The molecule has 0 bridgehead atoms. The number of benzene rings is 2. The highest BCUT2D eigenvalue weighted by atomic mass is 79.9. The Kier molecular flexibility index (Phi) is 2.78. The van der Waals surface area contributed by atoms with Crippen molar-refractivity contribution in [2.45, 2.75) is 12.3 Å². The molecule has 0 amide bonds. The van der Waals surface area contributed by atoms with Crippen LogP contribution in [0.25, 0.3) is 0 Å². The summed E-state index contributed by atoms with van der Waals surface area (Å²) in [4.78, 5) is 12.0. The van der Waals surface area contributed by atoms with Crippen molar-refractivity contribution in [2.75, 3.05) is 0 Å². The molecule has 0 heterocycles. The van der Waals surface area contributed by atoms with Crippen LogP contribution >= 0.6 is 15.9 Å². The lowest BCUT2D eigenvalue weighted by molar-refractivity contribution is 0.0991. The Hall–Kier alpha value is -1.48. The average molecular weight is 305 g/mol. The van der Waals surface area contributed by atoms with Gasteiger partial charge in [-0.3, -0.25) is 4.79 Å². The maximum atomic E-state index is 12.9. The molecule has 1 aliphatic carbocycles. The Labute approximate surface area is 113 Å². The Morgan fingerprint density at radius 1 is 1.11 bits per heavy atom. The van der Waals surface area contributed by atoms with E-state index in [4.69, 9.17) is 0 Å². The van der Waals surface area contributed by atoms with Gasteiger partial charge in [0.05, 0.1) is 0 Å². The molecule has 0 N–H and O–H groups in total. The van der Waals surface area contributed by atoms with E-state index in [1.165, 1.54) is 12.1 Å². The van der Waals surface area contributed by atoms with Gasteiger partial charge in [-0.15, -0.1) is 0 Å². The summed E-state index contributed by atoms with van der Waals surface area (Å²) in [6, 6.07) is 12.2. The monoisotopic (exact) mass is 304 g/mol. The van der Waals surface area contributed by atoms with Gasteiger partial charge >= 0.3 is 0 Å². The molecule has 1 unspecified atom stereocenters. The quantitative estimate of drug-likeness (QED) is 0.767. The molecule has 0 saturated carbocycles. The molecular formula is C15H10BrFO. The second kappa shape index (κ2) is 4.32. The maximum Gasteiger partial charge on any atom is 0.164 e. The number of hydrogen-bond donors (Lipinski definition) is 0. The molecule has 0 aromatic heterocycles. The Morgan fingerprint density at radius 3 is 2.56 bits per heavy atom. The summed E-state index contributed by atoms with van der Waals surface area (Å²) in [5.74, 6) is -0.0408. The van der Waals surface area contributed by atoms with Gasteiger partial charge in [0, 0.05) is 22.4 Å². The summed E-state index contributed by atoms with van der Waals surface area (Å²) in [6.07, 6.45) is 0.470. The second-order valence-electron chi connectivity index (χ2n) is 4.46. The van der Waals surface area contributed by atoms with E-state index in [9.17, 15) is 9.18 Å². The topological polar surface area (TPSA) is 17.1 Å². The molecule has 0 spiro atoms. The zero-order valence-corrected chi connectivity index (χ0v) is 11.1. The molecule has 0 saturated heterocycles. The molecule has 2 aromatic rings. The first-order chi connectivity index (χ1) is 8.65. The lowest BCUT2D eigenvalue weighted by Crippen LogP contribution is -1.96. The summed E-state index contributed by atoms with van der Waals surface area (Å²) >= 11 is 3.38. The third-order valence-corrected chi connectivity index (χ3v) is 3.85. The van der Waals surface area contributed by atoms with Crippen LogP contribution in [0.4, 0.5) is 4.39 Å². The van der Waals surface area contributed by atoms with Gasteiger partial charge < -0.3 is 0 Å². The van der Waals surface area contributed by atoms with E-state index in [0.717, 1.165) is 21.2 Å².